The van der Waals surface area contributed by atoms with E-state index in [1.54, 1.807) is 0 Å². The van der Waals surface area contributed by atoms with Gasteiger partial charge in [-0.1, -0.05) is 17.7 Å². The van der Waals surface area contributed by atoms with Crippen molar-refractivity contribution in [3.8, 4) is 0 Å². The van der Waals surface area contributed by atoms with Crippen LogP contribution in [0.25, 0.3) is 0 Å². The fourth-order valence-corrected chi connectivity index (χ4v) is 2.79. The minimum Gasteiger partial charge on any atom is -0.396 e. The predicted molar refractivity (Wildman–Crippen MR) is 71.8 cm³/mol. The lowest BCUT2D eigenvalue weighted by Gasteiger charge is -2.13. The molecule has 0 bridgehead atoms. The van der Waals surface area contributed by atoms with E-state index in [0.29, 0.717) is 0 Å². The summed E-state index contributed by atoms with van der Waals surface area (Å²) in [6.45, 7) is 2.44. The maximum atomic E-state index is 8.95. The predicted octanol–water partition coefficient (Wildman–Crippen LogP) is 2.30. The highest BCUT2D eigenvalue weighted by Crippen LogP contribution is 2.27. The van der Waals surface area contributed by atoms with Gasteiger partial charge in [-0.3, -0.25) is 0 Å². The zero-order valence-corrected chi connectivity index (χ0v) is 11.1. The Morgan fingerprint density at radius 1 is 1.24 bits per heavy atom. The van der Waals surface area contributed by atoms with Crippen LogP contribution in [0.1, 0.15) is 23.1 Å². The van der Waals surface area contributed by atoms with Gasteiger partial charge in [0, 0.05) is 24.7 Å². The molecule has 2 nitrogen and oxygen atoms in total. The van der Waals surface area contributed by atoms with Crippen molar-refractivity contribution in [1.29, 1.82) is 0 Å². The molecule has 1 aliphatic heterocycles. The van der Waals surface area contributed by atoms with Crippen LogP contribution in [0.5, 0.6) is 0 Å². The Morgan fingerprint density at radius 2 is 1.94 bits per heavy atom. The first kappa shape index (κ1) is 12.9. The highest BCUT2D eigenvalue weighted by Gasteiger charge is 2.16. The van der Waals surface area contributed by atoms with Crippen LogP contribution in [0, 0.1) is 0 Å². The van der Waals surface area contributed by atoms with Crippen molar-refractivity contribution >= 4 is 11.6 Å². The zero-order chi connectivity index (χ0) is 12.3. The molecule has 0 amide bonds. The number of halogens is 1. The molecule has 0 saturated heterocycles. The minimum absolute atomic E-state index is 0.261. The number of aliphatic hydroxyl groups excluding tert-OH is 1. The Balaban J connectivity index is 2.30. The number of benzene rings is 1. The Bertz CT molecular complexity index is 392. The average molecular weight is 254 g/mol. The van der Waals surface area contributed by atoms with E-state index in [2.05, 4.69) is 18.0 Å². The number of fused-ring (bicyclic) bond motifs is 1. The first-order chi connectivity index (χ1) is 8.22. The van der Waals surface area contributed by atoms with Crippen molar-refractivity contribution in [3.63, 3.8) is 0 Å². The summed E-state index contributed by atoms with van der Waals surface area (Å²) >= 11 is 6.30. The molecule has 1 aromatic rings. The van der Waals surface area contributed by atoms with E-state index in [9.17, 15) is 0 Å². The molecule has 17 heavy (non-hydrogen) atoms. The summed E-state index contributed by atoms with van der Waals surface area (Å²) in [4.78, 5) is 2.35. The highest BCUT2D eigenvalue weighted by atomic mass is 35.5. The van der Waals surface area contributed by atoms with Crippen LogP contribution >= 0.6 is 11.6 Å². The molecule has 1 heterocycles. The SMILES string of the molecule is CN1CCc2c(Cl)ccc(CCCO)c2CC1. The molecule has 0 radical (unpaired) electrons. The third-order valence-corrected chi connectivity index (χ3v) is 3.92. The molecular formula is C14H20ClNO. The van der Waals surface area contributed by atoms with Gasteiger partial charge in [-0.15, -0.1) is 0 Å². The van der Waals surface area contributed by atoms with Crippen molar-refractivity contribution in [2.75, 3.05) is 26.7 Å². The first-order valence-corrected chi connectivity index (χ1v) is 6.68. The van der Waals surface area contributed by atoms with Crippen LogP contribution in [0.3, 0.4) is 0 Å². The number of hydrogen-bond acceptors (Lipinski definition) is 2. The first-order valence-electron chi connectivity index (χ1n) is 6.31. The van der Waals surface area contributed by atoms with Crippen LogP contribution in [0.4, 0.5) is 0 Å². The number of nitrogens with zero attached hydrogens (tertiary/aromatic N) is 1. The average Bonchev–Trinajstić information content (AvgIpc) is 2.52. The number of aryl methyl sites for hydroxylation is 1. The van der Waals surface area contributed by atoms with Gasteiger partial charge >= 0.3 is 0 Å². The summed E-state index contributed by atoms with van der Waals surface area (Å²) in [5.74, 6) is 0. The molecule has 0 aliphatic carbocycles. The fraction of sp³-hybridized carbons (Fsp3) is 0.571. The van der Waals surface area contributed by atoms with E-state index in [0.717, 1.165) is 43.8 Å². The largest absolute Gasteiger partial charge is 0.396 e. The van der Waals surface area contributed by atoms with Crippen LogP contribution in [0.15, 0.2) is 12.1 Å². The van der Waals surface area contributed by atoms with Gasteiger partial charge in [0.05, 0.1) is 0 Å². The molecule has 0 spiro atoms. The van der Waals surface area contributed by atoms with Crippen molar-refractivity contribution < 1.29 is 5.11 Å². The summed E-state index contributed by atoms with van der Waals surface area (Å²) in [5, 5.41) is 9.86. The van der Waals surface area contributed by atoms with E-state index in [1.165, 1.54) is 16.7 Å². The van der Waals surface area contributed by atoms with Gasteiger partial charge in [-0.2, -0.15) is 0 Å². The van der Waals surface area contributed by atoms with Gasteiger partial charge in [0.1, 0.15) is 0 Å². The molecule has 1 aromatic carbocycles. The summed E-state index contributed by atoms with van der Waals surface area (Å²) in [7, 11) is 2.16. The summed E-state index contributed by atoms with van der Waals surface area (Å²) in [5.41, 5.74) is 4.12. The summed E-state index contributed by atoms with van der Waals surface area (Å²) < 4.78 is 0. The van der Waals surface area contributed by atoms with Gasteiger partial charge in [-0.05, 0) is 55.5 Å². The lowest BCUT2D eigenvalue weighted by Crippen LogP contribution is -2.20. The van der Waals surface area contributed by atoms with Crippen LogP contribution < -0.4 is 0 Å². The molecule has 0 fully saturated rings. The normalized spacial score (nSPS) is 16.6. The second-order valence-electron chi connectivity index (χ2n) is 4.79. The quantitative estimate of drug-likeness (QED) is 0.894. The molecular weight excluding hydrogens is 234 g/mol. The van der Waals surface area contributed by atoms with Gasteiger partial charge < -0.3 is 10.0 Å². The second-order valence-corrected chi connectivity index (χ2v) is 5.20. The molecule has 3 heteroatoms. The van der Waals surface area contributed by atoms with Crippen LogP contribution in [-0.2, 0) is 19.3 Å². The molecule has 1 N–H and O–H groups in total. The van der Waals surface area contributed by atoms with Gasteiger partial charge in [0.2, 0.25) is 0 Å². The summed E-state index contributed by atoms with van der Waals surface area (Å²) in [6.07, 6.45) is 3.91. The van der Waals surface area contributed by atoms with Crippen molar-refractivity contribution in [2.24, 2.45) is 0 Å². The third-order valence-electron chi connectivity index (χ3n) is 3.56. The smallest absolute Gasteiger partial charge is 0.0441 e. The maximum absolute atomic E-state index is 8.95. The van der Waals surface area contributed by atoms with Crippen molar-refractivity contribution in [3.05, 3.63) is 33.8 Å². The Hall–Kier alpha value is -0.570. The van der Waals surface area contributed by atoms with E-state index < -0.39 is 0 Å². The minimum atomic E-state index is 0.261. The molecule has 94 valence electrons. The van der Waals surface area contributed by atoms with E-state index in [1.807, 2.05) is 6.07 Å². The highest BCUT2D eigenvalue weighted by molar-refractivity contribution is 6.31. The zero-order valence-electron chi connectivity index (χ0n) is 10.4. The molecule has 0 unspecified atom stereocenters. The van der Waals surface area contributed by atoms with Crippen molar-refractivity contribution in [2.45, 2.75) is 25.7 Å². The van der Waals surface area contributed by atoms with Crippen LogP contribution in [-0.4, -0.2) is 36.8 Å². The number of hydrogen-bond donors (Lipinski definition) is 1. The van der Waals surface area contributed by atoms with E-state index in [-0.39, 0.29) is 6.61 Å². The van der Waals surface area contributed by atoms with Gasteiger partial charge in [-0.25, -0.2) is 0 Å². The monoisotopic (exact) mass is 253 g/mol. The number of likely N-dealkylation sites (N-methyl/N-ethyl adjacent to an activating group) is 1. The van der Waals surface area contributed by atoms with E-state index in [4.69, 9.17) is 16.7 Å². The standard InChI is InChI=1S/C14H20ClNO/c1-16-8-6-12-11(3-2-10-17)4-5-14(15)13(12)7-9-16/h4-5,17H,2-3,6-10H2,1H3. The molecule has 1 aliphatic rings. The van der Waals surface area contributed by atoms with E-state index >= 15 is 0 Å². The molecule has 0 atom stereocenters. The Morgan fingerprint density at radius 3 is 2.65 bits per heavy atom. The third kappa shape index (κ3) is 3.01. The van der Waals surface area contributed by atoms with Gasteiger partial charge in [0.15, 0.2) is 0 Å². The molecule has 0 aromatic heterocycles. The lowest BCUT2D eigenvalue weighted by atomic mass is 9.94. The maximum Gasteiger partial charge on any atom is 0.0441 e. The fourth-order valence-electron chi connectivity index (χ4n) is 2.52. The number of rotatable bonds is 3. The molecule has 2 rings (SSSR count). The van der Waals surface area contributed by atoms with Gasteiger partial charge in [0.25, 0.3) is 0 Å². The van der Waals surface area contributed by atoms with Crippen LogP contribution in [0.2, 0.25) is 5.02 Å². The van der Waals surface area contributed by atoms with Crippen molar-refractivity contribution in [1.82, 2.24) is 4.90 Å². The second kappa shape index (κ2) is 5.85. The molecule has 0 saturated carbocycles. The number of aliphatic hydroxyl groups is 1. The topological polar surface area (TPSA) is 23.5 Å². The Labute approximate surface area is 108 Å². The lowest BCUT2D eigenvalue weighted by molar-refractivity contribution is 0.288. The summed E-state index contributed by atoms with van der Waals surface area (Å²) in [6, 6.07) is 4.14. The Kier molecular flexibility index (Phi) is 4.43.